The third-order valence-corrected chi connectivity index (χ3v) is 5.11. The second-order valence-corrected chi connectivity index (χ2v) is 7.86. The predicted molar refractivity (Wildman–Crippen MR) is 108 cm³/mol. The van der Waals surface area contributed by atoms with Crippen LogP contribution in [0.15, 0.2) is 55.5 Å². The van der Waals surface area contributed by atoms with E-state index in [1.807, 2.05) is 48.8 Å². The second-order valence-electron chi connectivity index (χ2n) is 7.47. The summed E-state index contributed by atoms with van der Waals surface area (Å²) in [5.74, 6) is -0.130. The van der Waals surface area contributed by atoms with Crippen molar-refractivity contribution >= 4 is 23.2 Å². The Hall–Kier alpha value is -2.70. The van der Waals surface area contributed by atoms with Gasteiger partial charge in [-0.05, 0) is 49.8 Å². The highest BCUT2D eigenvalue weighted by Gasteiger charge is 2.36. The quantitative estimate of drug-likeness (QED) is 0.497. The van der Waals surface area contributed by atoms with E-state index in [4.69, 9.17) is 16.3 Å². The number of morpholine rings is 1. The average Bonchev–Trinajstić information content (AvgIpc) is 3.14. The van der Waals surface area contributed by atoms with Crippen LogP contribution in [0.4, 0.5) is 0 Å². The summed E-state index contributed by atoms with van der Waals surface area (Å²) in [6, 6.07) is 7.40. The van der Waals surface area contributed by atoms with Gasteiger partial charge in [0.2, 0.25) is 5.91 Å². The number of imidazole rings is 1. The van der Waals surface area contributed by atoms with E-state index in [1.165, 1.54) is 6.08 Å². The highest BCUT2D eigenvalue weighted by Crippen LogP contribution is 2.33. The normalized spacial score (nSPS) is 19.0. The number of hydrogen-bond acceptors (Lipinski definition) is 4. The zero-order chi connectivity index (χ0) is 19.9. The number of amides is 1. The molecule has 144 valence electrons. The molecule has 1 aliphatic rings. The maximum atomic E-state index is 12.5. The fourth-order valence-corrected chi connectivity index (χ4v) is 3.73. The van der Waals surface area contributed by atoms with Crippen LogP contribution in [0.3, 0.4) is 0 Å². The zero-order valence-corrected chi connectivity index (χ0v) is 16.6. The van der Waals surface area contributed by atoms with Crippen molar-refractivity contribution < 1.29 is 9.53 Å². The van der Waals surface area contributed by atoms with Gasteiger partial charge in [-0.25, -0.2) is 9.97 Å². The summed E-state index contributed by atoms with van der Waals surface area (Å²) in [6.45, 7) is 8.43. The molecular formula is C21H21ClN4O2. The number of nitrogens with zero attached hydrogens (tertiary/aromatic N) is 4. The first kappa shape index (κ1) is 18.7. The molecule has 1 unspecified atom stereocenters. The molecule has 4 heterocycles. The molecule has 0 radical (unpaired) electrons. The summed E-state index contributed by atoms with van der Waals surface area (Å²) in [6.07, 6.45) is 6.90. The minimum Gasteiger partial charge on any atom is -0.371 e. The van der Waals surface area contributed by atoms with Crippen molar-refractivity contribution in [1.82, 2.24) is 19.3 Å². The van der Waals surface area contributed by atoms with Gasteiger partial charge in [0, 0.05) is 24.2 Å². The van der Waals surface area contributed by atoms with E-state index in [9.17, 15) is 4.79 Å². The van der Waals surface area contributed by atoms with Crippen molar-refractivity contribution in [2.24, 2.45) is 0 Å². The number of halogens is 1. The van der Waals surface area contributed by atoms with Crippen LogP contribution in [0.2, 0.25) is 5.15 Å². The summed E-state index contributed by atoms with van der Waals surface area (Å²) in [4.78, 5) is 23.1. The summed E-state index contributed by atoms with van der Waals surface area (Å²) in [7, 11) is 0. The van der Waals surface area contributed by atoms with E-state index in [0.717, 1.165) is 22.5 Å². The Balaban J connectivity index is 1.75. The van der Waals surface area contributed by atoms with Crippen molar-refractivity contribution in [1.29, 1.82) is 0 Å². The minimum absolute atomic E-state index is 0.130. The minimum atomic E-state index is -0.416. The Morgan fingerprint density at radius 1 is 1.36 bits per heavy atom. The highest BCUT2D eigenvalue weighted by atomic mass is 35.5. The van der Waals surface area contributed by atoms with Crippen LogP contribution in [-0.4, -0.2) is 43.9 Å². The zero-order valence-electron chi connectivity index (χ0n) is 15.8. The summed E-state index contributed by atoms with van der Waals surface area (Å²) in [5.41, 5.74) is 2.92. The van der Waals surface area contributed by atoms with Crippen molar-refractivity contribution in [3.8, 4) is 11.3 Å². The van der Waals surface area contributed by atoms with Gasteiger partial charge in [-0.1, -0.05) is 18.2 Å². The Kier molecular flexibility index (Phi) is 4.69. The van der Waals surface area contributed by atoms with Gasteiger partial charge >= 0.3 is 0 Å². The smallest absolute Gasteiger partial charge is 0.246 e. The molecule has 1 atom stereocenters. The third kappa shape index (κ3) is 3.53. The van der Waals surface area contributed by atoms with E-state index in [2.05, 4.69) is 16.5 Å². The van der Waals surface area contributed by atoms with Crippen LogP contribution in [0.1, 0.15) is 25.5 Å². The fraction of sp³-hybridized carbons (Fsp3) is 0.286. The maximum Gasteiger partial charge on any atom is 0.246 e. The average molecular weight is 397 g/mol. The maximum absolute atomic E-state index is 12.5. The molecule has 28 heavy (non-hydrogen) atoms. The largest absolute Gasteiger partial charge is 0.371 e. The molecule has 3 aromatic rings. The number of fused-ring (bicyclic) bond motifs is 1. The lowest BCUT2D eigenvalue weighted by atomic mass is 9.98. The van der Waals surface area contributed by atoms with Crippen LogP contribution >= 0.6 is 11.6 Å². The van der Waals surface area contributed by atoms with Crippen LogP contribution in [0.5, 0.6) is 0 Å². The molecule has 0 aromatic carbocycles. The van der Waals surface area contributed by atoms with Crippen molar-refractivity contribution in [3.05, 3.63) is 66.2 Å². The molecule has 6 nitrogen and oxygen atoms in total. The molecular weight excluding hydrogens is 376 g/mol. The van der Waals surface area contributed by atoms with E-state index < -0.39 is 5.60 Å². The number of pyridine rings is 2. The molecule has 0 bridgehead atoms. The molecule has 7 heteroatoms. The molecule has 0 spiro atoms. The summed E-state index contributed by atoms with van der Waals surface area (Å²) in [5, 5.41) is 0.367. The van der Waals surface area contributed by atoms with Gasteiger partial charge in [0.15, 0.2) is 0 Å². The van der Waals surface area contributed by atoms with Crippen LogP contribution in [-0.2, 0) is 9.53 Å². The number of ether oxygens (including phenoxy) is 1. The predicted octanol–water partition coefficient (Wildman–Crippen LogP) is 3.91. The number of carbonyl (C=O) groups is 1. The fourth-order valence-electron chi connectivity index (χ4n) is 3.51. The number of hydrogen-bond donors (Lipinski definition) is 0. The Morgan fingerprint density at radius 3 is 2.96 bits per heavy atom. The number of rotatable bonds is 3. The van der Waals surface area contributed by atoms with Gasteiger partial charge in [-0.3, -0.25) is 4.79 Å². The molecule has 0 N–H and O–H groups in total. The number of carbonyl (C=O) groups excluding carboxylic acids is 1. The molecule has 0 saturated carbocycles. The molecule has 0 aliphatic carbocycles. The summed E-state index contributed by atoms with van der Waals surface area (Å²) < 4.78 is 7.91. The summed E-state index contributed by atoms with van der Waals surface area (Å²) >= 11 is 6.34. The molecule has 4 rings (SSSR count). The van der Waals surface area contributed by atoms with Gasteiger partial charge in [0.25, 0.3) is 0 Å². The van der Waals surface area contributed by atoms with E-state index in [1.54, 1.807) is 17.2 Å². The van der Waals surface area contributed by atoms with Crippen LogP contribution in [0, 0.1) is 0 Å². The van der Waals surface area contributed by atoms with Gasteiger partial charge in [0.05, 0.1) is 30.5 Å². The Labute approximate surface area is 168 Å². The molecule has 1 saturated heterocycles. The monoisotopic (exact) mass is 396 g/mol. The van der Waals surface area contributed by atoms with E-state index in [-0.39, 0.29) is 11.9 Å². The number of aromatic nitrogens is 3. The lowest BCUT2D eigenvalue weighted by molar-refractivity contribution is -0.151. The third-order valence-electron chi connectivity index (χ3n) is 4.91. The van der Waals surface area contributed by atoms with Crippen molar-refractivity contribution in [3.63, 3.8) is 0 Å². The Morgan fingerprint density at radius 2 is 2.18 bits per heavy atom. The molecule has 1 fully saturated rings. The lowest BCUT2D eigenvalue weighted by Crippen LogP contribution is -2.51. The molecule has 3 aromatic heterocycles. The van der Waals surface area contributed by atoms with Crippen molar-refractivity contribution in [2.75, 3.05) is 13.2 Å². The second kappa shape index (κ2) is 7.04. The first-order valence-electron chi connectivity index (χ1n) is 9.04. The lowest BCUT2D eigenvalue weighted by Gasteiger charge is -2.43. The van der Waals surface area contributed by atoms with Crippen LogP contribution in [0.25, 0.3) is 16.9 Å². The van der Waals surface area contributed by atoms with Crippen molar-refractivity contribution in [2.45, 2.75) is 25.5 Å². The first-order valence-corrected chi connectivity index (χ1v) is 9.42. The van der Waals surface area contributed by atoms with Gasteiger partial charge in [-0.15, -0.1) is 0 Å². The standard InChI is InChI=1S/C21H21ClN4O2/c1-4-20(27)26-13-21(2,3)28-12-17(26)15-9-16(24-18(22)10-15)14-5-7-25-8-6-23-19(25)11-14/h4-11,17H,1,12-13H2,2-3H3. The van der Waals surface area contributed by atoms with Gasteiger partial charge < -0.3 is 14.0 Å². The topological polar surface area (TPSA) is 59.7 Å². The Bertz CT molecular complexity index is 1060. The van der Waals surface area contributed by atoms with Crippen LogP contribution < -0.4 is 0 Å². The van der Waals surface area contributed by atoms with Gasteiger partial charge in [0.1, 0.15) is 10.8 Å². The van der Waals surface area contributed by atoms with E-state index >= 15 is 0 Å². The van der Waals surface area contributed by atoms with Gasteiger partial charge in [-0.2, -0.15) is 0 Å². The first-order chi connectivity index (χ1) is 13.4. The highest BCUT2D eigenvalue weighted by molar-refractivity contribution is 6.29. The molecule has 1 amide bonds. The molecule has 1 aliphatic heterocycles. The van der Waals surface area contributed by atoms with E-state index in [0.29, 0.717) is 18.3 Å². The SMILES string of the molecule is C=CC(=O)N1CC(C)(C)OCC1c1cc(Cl)nc(-c2ccn3ccnc3c2)c1.